The number of fused-ring (bicyclic) bond motifs is 1. The van der Waals surface area contributed by atoms with E-state index in [1.807, 2.05) is 24.4 Å². The number of rotatable bonds is 9. The monoisotopic (exact) mass is 471 g/mol. The number of thiophene rings is 1. The highest BCUT2D eigenvalue weighted by atomic mass is 32.1. The Bertz CT molecular complexity index is 996. The molecule has 2 aliphatic rings. The molecule has 33 heavy (non-hydrogen) atoms. The van der Waals surface area contributed by atoms with Gasteiger partial charge in [-0.2, -0.15) is 5.10 Å². The molecule has 0 radical (unpaired) electrons. The predicted molar refractivity (Wildman–Crippen MR) is 127 cm³/mol. The molecule has 4 rings (SSSR count). The molecule has 1 atom stereocenters. The van der Waals surface area contributed by atoms with Crippen LogP contribution in [0.4, 0.5) is 0 Å². The van der Waals surface area contributed by atoms with Crippen molar-refractivity contribution in [2.24, 2.45) is 0 Å². The third-order valence-corrected chi connectivity index (χ3v) is 7.62. The molecule has 3 amide bonds. The molecule has 0 spiro atoms. The number of carbonyl (C=O) groups excluding carboxylic acids is 3. The van der Waals surface area contributed by atoms with Gasteiger partial charge in [0.05, 0.1) is 6.54 Å². The summed E-state index contributed by atoms with van der Waals surface area (Å²) in [7, 11) is 0. The Morgan fingerprint density at radius 1 is 1.30 bits per heavy atom. The highest BCUT2D eigenvalue weighted by Crippen LogP contribution is 2.29. The van der Waals surface area contributed by atoms with E-state index in [2.05, 4.69) is 22.7 Å². The molecule has 2 aromatic heterocycles. The van der Waals surface area contributed by atoms with Crippen LogP contribution in [-0.4, -0.2) is 57.1 Å². The van der Waals surface area contributed by atoms with Gasteiger partial charge >= 0.3 is 0 Å². The SMILES string of the molecule is CCCCN1C(=O)c2cc(C(=O)NCCc3cccs3)nn2C[C@]1(C)C(=O)NC1CCCC1. The van der Waals surface area contributed by atoms with Crippen molar-refractivity contribution in [3.63, 3.8) is 0 Å². The van der Waals surface area contributed by atoms with Crippen LogP contribution in [0.15, 0.2) is 23.6 Å². The van der Waals surface area contributed by atoms with Crippen molar-refractivity contribution in [3.05, 3.63) is 39.8 Å². The van der Waals surface area contributed by atoms with Gasteiger partial charge in [-0.15, -0.1) is 11.3 Å². The molecule has 1 saturated carbocycles. The summed E-state index contributed by atoms with van der Waals surface area (Å²) in [5, 5.41) is 12.5. The van der Waals surface area contributed by atoms with Crippen LogP contribution in [0, 0.1) is 0 Å². The Morgan fingerprint density at radius 2 is 2.09 bits per heavy atom. The molecule has 1 fully saturated rings. The molecule has 3 heterocycles. The highest BCUT2D eigenvalue weighted by molar-refractivity contribution is 7.09. The van der Waals surface area contributed by atoms with Gasteiger partial charge in [0, 0.05) is 30.1 Å². The third kappa shape index (κ3) is 4.98. The van der Waals surface area contributed by atoms with Gasteiger partial charge < -0.3 is 15.5 Å². The molecule has 9 heteroatoms. The molecule has 0 saturated heterocycles. The standard InChI is InChI=1S/C24H33N5O3S/c1-3-4-13-28-22(31)20-15-19(21(30)25-12-11-18-10-7-14-33-18)27-29(20)16-24(28,2)23(32)26-17-8-5-6-9-17/h7,10,14-15,17H,3-6,8-9,11-13,16H2,1-2H3,(H,25,30)(H,26,32)/t24-/m1/s1. The Kier molecular flexibility index (Phi) is 7.17. The number of hydrogen-bond donors (Lipinski definition) is 2. The van der Waals surface area contributed by atoms with Crippen molar-refractivity contribution in [3.8, 4) is 0 Å². The topological polar surface area (TPSA) is 96.3 Å². The molecule has 0 aromatic carbocycles. The number of hydrogen-bond acceptors (Lipinski definition) is 5. The lowest BCUT2D eigenvalue weighted by Gasteiger charge is -2.43. The van der Waals surface area contributed by atoms with Gasteiger partial charge in [-0.3, -0.25) is 19.1 Å². The molecule has 0 bridgehead atoms. The Balaban J connectivity index is 1.51. The van der Waals surface area contributed by atoms with Crippen LogP contribution in [-0.2, 0) is 17.8 Å². The molecule has 1 aliphatic carbocycles. The van der Waals surface area contributed by atoms with E-state index in [9.17, 15) is 14.4 Å². The first-order chi connectivity index (χ1) is 15.9. The average molecular weight is 472 g/mol. The van der Waals surface area contributed by atoms with Crippen molar-refractivity contribution in [2.45, 2.75) is 76.9 Å². The maximum absolute atomic E-state index is 13.4. The van der Waals surface area contributed by atoms with Crippen LogP contribution in [0.5, 0.6) is 0 Å². The second kappa shape index (κ2) is 10.1. The number of amides is 3. The lowest BCUT2D eigenvalue weighted by molar-refractivity contribution is -0.133. The number of aromatic nitrogens is 2. The zero-order valence-electron chi connectivity index (χ0n) is 19.4. The van der Waals surface area contributed by atoms with Gasteiger partial charge in [0.1, 0.15) is 11.2 Å². The zero-order valence-corrected chi connectivity index (χ0v) is 20.2. The average Bonchev–Trinajstić information content (AvgIpc) is 3.55. The summed E-state index contributed by atoms with van der Waals surface area (Å²) in [4.78, 5) is 42.4. The molecule has 2 N–H and O–H groups in total. The number of nitrogens with one attached hydrogen (secondary N) is 2. The van der Waals surface area contributed by atoms with Crippen molar-refractivity contribution >= 4 is 29.1 Å². The normalized spacial score (nSPS) is 20.7. The van der Waals surface area contributed by atoms with Gasteiger partial charge in [0.25, 0.3) is 11.8 Å². The van der Waals surface area contributed by atoms with E-state index in [0.717, 1.165) is 44.9 Å². The fourth-order valence-corrected chi connectivity index (χ4v) is 5.38. The first-order valence-electron chi connectivity index (χ1n) is 11.9. The minimum Gasteiger partial charge on any atom is -0.351 e. The van der Waals surface area contributed by atoms with E-state index in [4.69, 9.17) is 0 Å². The van der Waals surface area contributed by atoms with Gasteiger partial charge in [0.15, 0.2) is 5.69 Å². The lowest BCUT2D eigenvalue weighted by Crippen LogP contribution is -2.65. The number of carbonyl (C=O) groups is 3. The summed E-state index contributed by atoms with van der Waals surface area (Å²) >= 11 is 1.65. The largest absolute Gasteiger partial charge is 0.351 e. The third-order valence-electron chi connectivity index (χ3n) is 6.68. The van der Waals surface area contributed by atoms with Crippen LogP contribution in [0.25, 0.3) is 0 Å². The second-order valence-electron chi connectivity index (χ2n) is 9.20. The predicted octanol–water partition coefficient (Wildman–Crippen LogP) is 2.99. The van der Waals surface area contributed by atoms with Crippen LogP contribution in [0.2, 0.25) is 0 Å². The number of nitrogens with zero attached hydrogens (tertiary/aromatic N) is 3. The van der Waals surface area contributed by atoms with E-state index in [0.29, 0.717) is 18.8 Å². The summed E-state index contributed by atoms with van der Waals surface area (Å²) < 4.78 is 1.53. The maximum atomic E-state index is 13.4. The summed E-state index contributed by atoms with van der Waals surface area (Å²) in [6.07, 6.45) is 6.67. The minimum atomic E-state index is -1.04. The maximum Gasteiger partial charge on any atom is 0.273 e. The summed E-state index contributed by atoms with van der Waals surface area (Å²) in [5.74, 6) is -0.690. The van der Waals surface area contributed by atoms with E-state index in [-0.39, 0.29) is 36.0 Å². The van der Waals surface area contributed by atoms with Crippen LogP contribution >= 0.6 is 11.3 Å². The minimum absolute atomic E-state index is 0.137. The van der Waals surface area contributed by atoms with Gasteiger partial charge in [0.2, 0.25) is 5.91 Å². The van der Waals surface area contributed by atoms with Crippen molar-refractivity contribution in [1.29, 1.82) is 0 Å². The van der Waals surface area contributed by atoms with Gasteiger partial charge in [-0.1, -0.05) is 32.3 Å². The van der Waals surface area contributed by atoms with Gasteiger partial charge in [-0.05, 0) is 44.1 Å². The van der Waals surface area contributed by atoms with E-state index < -0.39 is 5.54 Å². The van der Waals surface area contributed by atoms with Crippen molar-refractivity contribution in [1.82, 2.24) is 25.3 Å². The fourth-order valence-electron chi connectivity index (χ4n) is 4.67. The van der Waals surface area contributed by atoms with Crippen LogP contribution in [0.1, 0.15) is 78.2 Å². The van der Waals surface area contributed by atoms with Crippen molar-refractivity contribution < 1.29 is 14.4 Å². The molecule has 178 valence electrons. The van der Waals surface area contributed by atoms with Crippen LogP contribution in [0.3, 0.4) is 0 Å². The molecule has 8 nitrogen and oxygen atoms in total. The summed E-state index contributed by atoms with van der Waals surface area (Å²) in [6, 6.07) is 5.74. The summed E-state index contributed by atoms with van der Waals surface area (Å²) in [6.45, 7) is 5.11. The fraction of sp³-hybridized carbons (Fsp3) is 0.583. The molecular weight excluding hydrogens is 438 g/mol. The van der Waals surface area contributed by atoms with Crippen LogP contribution < -0.4 is 10.6 Å². The lowest BCUT2D eigenvalue weighted by atomic mass is 9.94. The molecule has 1 aliphatic heterocycles. The molecule has 0 unspecified atom stereocenters. The van der Waals surface area contributed by atoms with E-state index >= 15 is 0 Å². The second-order valence-corrected chi connectivity index (χ2v) is 10.2. The zero-order chi connectivity index (χ0) is 23.4. The molecule has 2 aromatic rings. The van der Waals surface area contributed by atoms with Gasteiger partial charge in [-0.25, -0.2) is 0 Å². The first-order valence-corrected chi connectivity index (χ1v) is 12.8. The Hall–Kier alpha value is -2.68. The first kappa shape index (κ1) is 23.5. The highest BCUT2D eigenvalue weighted by Gasteiger charge is 2.48. The Morgan fingerprint density at radius 3 is 2.79 bits per heavy atom. The smallest absolute Gasteiger partial charge is 0.273 e. The number of unbranched alkanes of at least 4 members (excludes halogenated alkanes) is 1. The molecular formula is C24H33N5O3S. The summed E-state index contributed by atoms with van der Waals surface area (Å²) in [5.41, 5.74) is -0.470. The Labute approximate surface area is 198 Å². The van der Waals surface area contributed by atoms with E-state index in [1.165, 1.54) is 9.56 Å². The van der Waals surface area contributed by atoms with E-state index in [1.54, 1.807) is 22.3 Å². The van der Waals surface area contributed by atoms with Crippen molar-refractivity contribution in [2.75, 3.05) is 13.1 Å². The quantitative estimate of drug-likeness (QED) is 0.588.